The topological polar surface area (TPSA) is 86.1 Å². The summed E-state index contributed by atoms with van der Waals surface area (Å²) in [7, 11) is 1.55. The van der Waals surface area contributed by atoms with Gasteiger partial charge in [-0.2, -0.15) is 5.10 Å². The number of fused-ring (bicyclic) bond motifs is 1. The van der Waals surface area contributed by atoms with Crippen molar-refractivity contribution in [1.29, 1.82) is 0 Å². The van der Waals surface area contributed by atoms with Gasteiger partial charge in [0.25, 0.3) is 5.91 Å². The van der Waals surface area contributed by atoms with Gasteiger partial charge in [-0.15, -0.1) is 0 Å². The molecule has 0 bridgehead atoms. The third-order valence-electron chi connectivity index (χ3n) is 6.09. The molecule has 4 rings (SSSR count). The number of carbonyl (C=O) groups excluding carboxylic acids is 2. The molecule has 1 aliphatic heterocycles. The van der Waals surface area contributed by atoms with Crippen molar-refractivity contribution in [3.05, 3.63) is 36.5 Å². The second-order valence-corrected chi connectivity index (χ2v) is 9.85. The van der Waals surface area contributed by atoms with Crippen molar-refractivity contribution in [2.24, 2.45) is 0 Å². The summed E-state index contributed by atoms with van der Waals surface area (Å²) in [6, 6.07) is 7.66. The van der Waals surface area contributed by atoms with Crippen LogP contribution in [0, 0.1) is 0 Å². The van der Waals surface area contributed by atoms with Crippen LogP contribution in [0.25, 0.3) is 16.8 Å². The molecule has 1 aliphatic carbocycles. The van der Waals surface area contributed by atoms with Crippen LogP contribution in [-0.2, 0) is 19.0 Å². The Bertz CT molecular complexity index is 1080. The first kappa shape index (κ1) is 24.1. The van der Waals surface area contributed by atoms with Gasteiger partial charge in [0.1, 0.15) is 5.60 Å². The first-order valence-electron chi connectivity index (χ1n) is 11.7. The van der Waals surface area contributed by atoms with Gasteiger partial charge in [-0.25, -0.2) is 9.48 Å². The van der Waals surface area contributed by atoms with Gasteiger partial charge < -0.3 is 24.0 Å². The van der Waals surface area contributed by atoms with Crippen LogP contribution in [0.2, 0.25) is 0 Å². The molecule has 1 saturated carbocycles. The number of ether oxygens (including phenoxy) is 3. The predicted octanol–water partition coefficient (Wildman–Crippen LogP) is 3.80. The van der Waals surface area contributed by atoms with Crippen LogP contribution in [0.1, 0.15) is 52.3 Å². The van der Waals surface area contributed by atoms with Gasteiger partial charge in [-0.1, -0.05) is 18.2 Å². The van der Waals surface area contributed by atoms with Gasteiger partial charge in [0.2, 0.25) is 5.88 Å². The fourth-order valence-electron chi connectivity index (χ4n) is 4.30. The minimum Gasteiger partial charge on any atom is -0.481 e. The summed E-state index contributed by atoms with van der Waals surface area (Å²) < 4.78 is 18.3. The molecule has 2 atom stereocenters. The average Bonchev–Trinajstić information content (AvgIpc) is 3.56. The summed E-state index contributed by atoms with van der Waals surface area (Å²) in [6.07, 6.45) is 0.693. The minimum atomic E-state index is -0.744. The zero-order valence-corrected chi connectivity index (χ0v) is 20.6. The first-order valence-corrected chi connectivity index (χ1v) is 11.7. The number of hydrogen-bond acceptors (Lipinski definition) is 6. The maximum Gasteiger partial charge on any atom is 0.410 e. The van der Waals surface area contributed by atoms with Gasteiger partial charge in [-0.05, 0) is 53.2 Å². The molecule has 1 aromatic carbocycles. The second-order valence-electron chi connectivity index (χ2n) is 9.85. The number of methoxy groups -OCH3 is 1. The molecule has 1 unspecified atom stereocenters. The van der Waals surface area contributed by atoms with Crippen LogP contribution >= 0.6 is 0 Å². The molecule has 184 valence electrons. The molecular formula is C25H34N4O5. The lowest BCUT2D eigenvalue weighted by Gasteiger charge is -2.37. The summed E-state index contributed by atoms with van der Waals surface area (Å²) >= 11 is 0. The van der Waals surface area contributed by atoms with Gasteiger partial charge in [0.05, 0.1) is 37.5 Å². The lowest BCUT2D eigenvalue weighted by atomic mass is 10.1. The molecule has 0 spiro atoms. The number of hydrogen-bond donors (Lipinski definition) is 0. The Kier molecular flexibility index (Phi) is 6.58. The Labute approximate surface area is 200 Å². The van der Waals surface area contributed by atoms with Gasteiger partial charge in [0.15, 0.2) is 6.10 Å². The zero-order chi connectivity index (χ0) is 24.6. The van der Waals surface area contributed by atoms with Gasteiger partial charge in [-0.3, -0.25) is 4.79 Å². The Morgan fingerprint density at radius 1 is 1.26 bits per heavy atom. The molecule has 1 aromatic heterocycles. The molecule has 9 heteroatoms. The van der Waals surface area contributed by atoms with E-state index < -0.39 is 17.8 Å². The molecule has 34 heavy (non-hydrogen) atoms. The van der Waals surface area contributed by atoms with Gasteiger partial charge in [0, 0.05) is 18.0 Å². The normalized spacial score (nSPS) is 19.6. The third kappa shape index (κ3) is 4.89. The average molecular weight is 471 g/mol. The zero-order valence-electron chi connectivity index (χ0n) is 20.6. The predicted molar refractivity (Wildman–Crippen MR) is 128 cm³/mol. The highest BCUT2D eigenvalue weighted by Crippen LogP contribution is 2.37. The number of carbonyl (C=O) groups is 2. The van der Waals surface area contributed by atoms with Crippen LogP contribution in [-0.4, -0.2) is 76.1 Å². The lowest BCUT2D eigenvalue weighted by molar-refractivity contribution is -0.151. The highest BCUT2D eigenvalue weighted by atomic mass is 16.6. The molecule has 2 amide bonds. The van der Waals surface area contributed by atoms with E-state index in [-0.39, 0.29) is 31.1 Å². The molecule has 1 saturated heterocycles. The number of morpholine rings is 1. The van der Waals surface area contributed by atoms with E-state index in [0.29, 0.717) is 12.4 Å². The van der Waals surface area contributed by atoms with E-state index in [9.17, 15) is 9.59 Å². The maximum absolute atomic E-state index is 13.7. The lowest BCUT2D eigenvalue weighted by Crippen LogP contribution is -2.54. The Balaban J connectivity index is 1.59. The van der Waals surface area contributed by atoms with E-state index in [1.54, 1.807) is 16.7 Å². The number of rotatable bonds is 6. The van der Waals surface area contributed by atoms with Crippen molar-refractivity contribution in [2.45, 2.75) is 64.3 Å². The standard InChI is InChI=1S/C25H34N4O5/c1-16(22-19-9-7-8-10-20(19)29(26-22)17(2)32-6)28(18-11-12-18)23(30)21-15-27(13-14-33-21)24(31)34-25(3,4)5/h7-10,16,18,21H,2,11-15H2,1,3-6H3/t16?,21-/m1/s1. The van der Waals surface area contributed by atoms with Crippen LogP contribution in [0.3, 0.4) is 0 Å². The first-order chi connectivity index (χ1) is 16.1. The number of amides is 2. The van der Waals surface area contributed by atoms with E-state index in [1.165, 1.54) is 0 Å². The van der Waals surface area contributed by atoms with E-state index in [2.05, 4.69) is 6.58 Å². The molecule has 2 heterocycles. The van der Waals surface area contributed by atoms with Crippen molar-refractivity contribution in [3.8, 4) is 0 Å². The van der Waals surface area contributed by atoms with Crippen LogP contribution in [0.15, 0.2) is 30.8 Å². The van der Waals surface area contributed by atoms with E-state index >= 15 is 0 Å². The van der Waals surface area contributed by atoms with Crippen LogP contribution in [0.5, 0.6) is 0 Å². The molecule has 9 nitrogen and oxygen atoms in total. The fourth-order valence-corrected chi connectivity index (χ4v) is 4.30. The fraction of sp³-hybridized carbons (Fsp3) is 0.560. The van der Waals surface area contributed by atoms with Crippen molar-refractivity contribution in [1.82, 2.24) is 19.6 Å². The number of nitrogens with zero attached hydrogens (tertiary/aromatic N) is 4. The van der Waals surface area contributed by atoms with E-state index in [1.807, 2.05) is 56.9 Å². The summed E-state index contributed by atoms with van der Waals surface area (Å²) in [6.45, 7) is 12.3. The minimum absolute atomic E-state index is 0.123. The molecule has 0 N–H and O–H groups in total. The van der Waals surface area contributed by atoms with Crippen molar-refractivity contribution >= 4 is 28.8 Å². The smallest absolute Gasteiger partial charge is 0.410 e. The van der Waals surface area contributed by atoms with Crippen molar-refractivity contribution < 1.29 is 23.8 Å². The quantitative estimate of drug-likeness (QED) is 0.597. The largest absolute Gasteiger partial charge is 0.481 e. The monoisotopic (exact) mass is 470 g/mol. The Morgan fingerprint density at radius 3 is 2.62 bits per heavy atom. The van der Waals surface area contributed by atoms with Crippen molar-refractivity contribution in [2.75, 3.05) is 26.8 Å². The molecule has 2 aromatic rings. The molecule has 0 radical (unpaired) electrons. The third-order valence-corrected chi connectivity index (χ3v) is 6.09. The highest BCUT2D eigenvalue weighted by molar-refractivity contribution is 5.87. The Morgan fingerprint density at radius 2 is 1.97 bits per heavy atom. The summed E-state index contributed by atoms with van der Waals surface area (Å²) in [4.78, 5) is 29.7. The van der Waals surface area contributed by atoms with Crippen molar-refractivity contribution in [3.63, 3.8) is 0 Å². The maximum atomic E-state index is 13.7. The highest BCUT2D eigenvalue weighted by Gasteiger charge is 2.42. The van der Waals surface area contributed by atoms with Crippen LogP contribution < -0.4 is 0 Å². The molecule has 2 aliphatic rings. The molecule has 2 fully saturated rings. The van der Waals surface area contributed by atoms with E-state index in [4.69, 9.17) is 19.3 Å². The SMILES string of the molecule is C=C(OC)n1nc(C(C)N(C(=O)[C@H]2CN(C(=O)OC(C)(C)C)CCO2)C2CC2)c2ccccc21. The summed E-state index contributed by atoms with van der Waals surface area (Å²) in [5.74, 6) is 0.273. The van der Waals surface area contributed by atoms with E-state index in [0.717, 1.165) is 29.4 Å². The molecular weight excluding hydrogens is 436 g/mol. The van der Waals surface area contributed by atoms with Crippen LogP contribution in [0.4, 0.5) is 4.79 Å². The number of aromatic nitrogens is 2. The number of benzene rings is 1. The number of para-hydroxylation sites is 1. The van der Waals surface area contributed by atoms with Gasteiger partial charge >= 0.3 is 6.09 Å². The Hall–Kier alpha value is -3.07. The second kappa shape index (κ2) is 9.29. The summed E-state index contributed by atoms with van der Waals surface area (Å²) in [5.41, 5.74) is 1.04. The summed E-state index contributed by atoms with van der Waals surface area (Å²) in [5, 5.41) is 5.71.